The lowest BCUT2D eigenvalue weighted by Gasteiger charge is -2.39. The standard InChI is InChI=1S/C26H38N6O2/c1-4-9-24(25-28-29-30-32(25)14-15-34-3)31(22-10-7-6-8-11-22)18-21-17-20-16-19(5-2)12-13-23(20)27-26(21)33/h12-13,16-17,22,24H,4-11,14-15,18H2,1-3H3,(H,27,33)/t24-/m0/s1. The predicted molar refractivity (Wildman–Crippen MR) is 134 cm³/mol. The van der Waals surface area contributed by atoms with Crippen molar-refractivity contribution in [2.45, 2.75) is 90.4 Å². The fourth-order valence-electron chi connectivity index (χ4n) is 5.25. The van der Waals surface area contributed by atoms with Crippen molar-refractivity contribution < 1.29 is 4.74 Å². The van der Waals surface area contributed by atoms with E-state index in [-0.39, 0.29) is 11.6 Å². The molecule has 2 heterocycles. The van der Waals surface area contributed by atoms with Crippen LogP contribution >= 0.6 is 0 Å². The minimum absolute atomic E-state index is 0.00761. The Morgan fingerprint density at radius 3 is 2.76 bits per heavy atom. The van der Waals surface area contributed by atoms with E-state index >= 15 is 0 Å². The van der Waals surface area contributed by atoms with Gasteiger partial charge >= 0.3 is 0 Å². The van der Waals surface area contributed by atoms with E-state index in [2.05, 4.69) is 57.5 Å². The van der Waals surface area contributed by atoms with Gasteiger partial charge in [0.1, 0.15) is 0 Å². The Hall–Kier alpha value is -2.58. The number of hydrogen-bond acceptors (Lipinski definition) is 6. The highest BCUT2D eigenvalue weighted by Crippen LogP contribution is 2.33. The number of pyridine rings is 1. The van der Waals surface area contributed by atoms with Crippen LogP contribution in [0.4, 0.5) is 0 Å². The number of aromatic nitrogens is 5. The van der Waals surface area contributed by atoms with E-state index in [4.69, 9.17) is 4.74 Å². The lowest BCUT2D eigenvalue weighted by Crippen LogP contribution is -2.41. The van der Waals surface area contributed by atoms with Crippen LogP contribution in [0.15, 0.2) is 29.1 Å². The summed E-state index contributed by atoms with van der Waals surface area (Å²) in [6.07, 6.45) is 8.95. The largest absolute Gasteiger partial charge is 0.383 e. The van der Waals surface area contributed by atoms with E-state index in [0.29, 0.717) is 25.7 Å². The van der Waals surface area contributed by atoms with Crippen LogP contribution in [0.1, 0.15) is 81.8 Å². The molecule has 4 rings (SSSR count). The number of H-pyrrole nitrogens is 1. The number of aromatic amines is 1. The van der Waals surface area contributed by atoms with Gasteiger partial charge in [-0.2, -0.15) is 0 Å². The van der Waals surface area contributed by atoms with Crippen molar-refractivity contribution in [2.24, 2.45) is 0 Å². The third kappa shape index (κ3) is 5.55. The molecule has 1 saturated carbocycles. The molecule has 0 radical (unpaired) electrons. The van der Waals surface area contributed by atoms with E-state index < -0.39 is 0 Å². The zero-order chi connectivity index (χ0) is 23.9. The quantitative estimate of drug-likeness (QED) is 0.451. The summed E-state index contributed by atoms with van der Waals surface area (Å²) in [5.74, 6) is 0.870. The van der Waals surface area contributed by atoms with Crippen LogP contribution in [0, 0.1) is 0 Å². The Balaban J connectivity index is 1.73. The molecule has 1 atom stereocenters. The number of ether oxygens (including phenoxy) is 1. The summed E-state index contributed by atoms with van der Waals surface area (Å²) in [6.45, 7) is 6.12. The monoisotopic (exact) mass is 466 g/mol. The number of aryl methyl sites for hydroxylation is 1. The Labute approximate surface area is 201 Å². The van der Waals surface area contributed by atoms with Gasteiger partial charge in [0.2, 0.25) is 0 Å². The molecule has 8 heteroatoms. The topological polar surface area (TPSA) is 88.9 Å². The normalized spacial score (nSPS) is 15.9. The maximum absolute atomic E-state index is 13.1. The molecule has 2 aromatic heterocycles. The van der Waals surface area contributed by atoms with Crippen molar-refractivity contribution in [1.82, 2.24) is 30.1 Å². The maximum Gasteiger partial charge on any atom is 0.252 e. The first-order valence-corrected chi connectivity index (χ1v) is 12.8. The maximum atomic E-state index is 13.1. The molecule has 8 nitrogen and oxygen atoms in total. The smallest absolute Gasteiger partial charge is 0.252 e. The molecule has 3 aromatic rings. The fraction of sp³-hybridized carbons (Fsp3) is 0.615. The molecule has 34 heavy (non-hydrogen) atoms. The average molecular weight is 467 g/mol. The first kappa shape index (κ1) is 24.5. The summed E-state index contributed by atoms with van der Waals surface area (Å²) in [6, 6.07) is 8.84. The van der Waals surface area contributed by atoms with Crippen molar-refractivity contribution in [3.63, 3.8) is 0 Å². The van der Waals surface area contributed by atoms with Gasteiger partial charge in [-0.15, -0.1) is 5.10 Å². The summed E-state index contributed by atoms with van der Waals surface area (Å²) in [7, 11) is 1.69. The Morgan fingerprint density at radius 2 is 2.03 bits per heavy atom. The number of tetrazole rings is 1. The zero-order valence-electron chi connectivity index (χ0n) is 20.8. The van der Waals surface area contributed by atoms with Crippen molar-refractivity contribution in [3.8, 4) is 0 Å². The number of hydrogen-bond donors (Lipinski definition) is 1. The van der Waals surface area contributed by atoms with Crippen LogP contribution in [0.25, 0.3) is 10.9 Å². The van der Waals surface area contributed by atoms with Gasteiger partial charge in [-0.1, -0.05) is 45.6 Å². The minimum atomic E-state index is -0.00761. The van der Waals surface area contributed by atoms with Gasteiger partial charge in [0.05, 0.1) is 19.2 Å². The second-order valence-electron chi connectivity index (χ2n) is 9.42. The number of fused-ring (bicyclic) bond motifs is 1. The number of benzene rings is 1. The predicted octanol–water partition coefficient (Wildman–Crippen LogP) is 4.40. The first-order chi connectivity index (χ1) is 16.6. The van der Waals surface area contributed by atoms with Crippen LogP contribution < -0.4 is 5.56 Å². The molecule has 1 aromatic carbocycles. The van der Waals surface area contributed by atoms with Crippen molar-refractivity contribution >= 4 is 10.9 Å². The van der Waals surface area contributed by atoms with E-state index in [9.17, 15) is 4.79 Å². The van der Waals surface area contributed by atoms with E-state index in [1.54, 1.807) is 7.11 Å². The molecule has 0 unspecified atom stereocenters. The van der Waals surface area contributed by atoms with Gasteiger partial charge in [-0.25, -0.2) is 4.68 Å². The van der Waals surface area contributed by atoms with Gasteiger partial charge in [-0.3, -0.25) is 9.69 Å². The molecular weight excluding hydrogens is 428 g/mol. The van der Waals surface area contributed by atoms with Crippen molar-refractivity contribution in [2.75, 3.05) is 13.7 Å². The summed E-state index contributed by atoms with van der Waals surface area (Å²) in [4.78, 5) is 18.8. The Morgan fingerprint density at radius 1 is 1.21 bits per heavy atom. The Bertz CT molecular complexity index is 1120. The number of nitrogens with zero attached hydrogens (tertiary/aromatic N) is 5. The lowest BCUT2D eigenvalue weighted by atomic mass is 9.91. The Kier molecular flexibility index (Phi) is 8.45. The molecule has 1 fully saturated rings. The number of methoxy groups -OCH3 is 1. The molecule has 0 aliphatic heterocycles. The second kappa shape index (κ2) is 11.7. The van der Waals surface area contributed by atoms with Crippen LogP contribution in [-0.4, -0.2) is 49.8 Å². The third-order valence-corrected chi connectivity index (χ3v) is 7.12. The summed E-state index contributed by atoms with van der Waals surface area (Å²) in [5, 5.41) is 13.8. The highest BCUT2D eigenvalue weighted by molar-refractivity contribution is 5.79. The molecule has 0 spiro atoms. The van der Waals surface area contributed by atoms with Crippen LogP contribution in [-0.2, 0) is 24.2 Å². The van der Waals surface area contributed by atoms with Gasteiger partial charge in [0.15, 0.2) is 5.82 Å². The van der Waals surface area contributed by atoms with Crippen LogP contribution in [0.3, 0.4) is 0 Å². The second-order valence-corrected chi connectivity index (χ2v) is 9.42. The van der Waals surface area contributed by atoms with Crippen molar-refractivity contribution in [3.05, 3.63) is 51.6 Å². The molecule has 0 saturated heterocycles. The molecule has 1 N–H and O–H groups in total. The molecule has 0 amide bonds. The van der Waals surface area contributed by atoms with Crippen LogP contribution in [0.2, 0.25) is 0 Å². The van der Waals surface area contributed by atoms with E-state index in [1.807, 2.05) is 10.7 Å². The number of nitrogens with one attached hydrogen (secondary N) is 1. The molecular formula is C26H38N6O2. The SMILES string of the molecule is CCC[C@@H](c1nnnn1CCOC)N(Cc1cc2cc(CC)ccc2[nH]c1=O)C1CCCCC1. The first-order valence-electron chi connectivity index (χ1n) is 12.8. The van der Waals surface area contributed by atoms with Crippen molar-refractivity contribution in [1.29, 1.82) is 0 Å². The van der Waals surface area contributed by atoms with E-state index in [1.165, 1.54) is 24.8 Å². The molecule has 0 bridgehead atoms. The highest BCUT2D eigenvalue weighted by Gasteiger charge is 2.32. The molecule has 1 aliphatic carbocycles. The summed E-state index contributed by atoms with van der Waals surface area (Å²) in [5.41, 5.74) is 2.97. The zero-order valence-corrected chi connectivity index (χ0v) is 20.8. The summed E-state index contributed by atoms with van der Waals surface area (Å²) >= 11 is 0. The molecule has 184 valence electrons. The van der Waals surface area contributed by atoms with Crippen LogP contribution in [0.5, 0.6) is 0 Å². The van der Waals surface area contributed by atoms with E-state index in [0.717, 1.165) is 54.4 Å². The lowest BCUT2D eigenvalue weighted by molar-refractivity contribution is 0.0795. The van der Waals surface area contributed by atoms with Gasteiger partial charge in [-0.05, 0) is 65.3 Å². The average Bonchev–Trinajstić information content (AvgIpc) is 3.33. The summed E-state index contributed by atoms with van der Waals surface area (Å²) < 4.78 is 7.16. The van der Waals surface area contributed by atoms with Gasteiger partial charge < -0.3 is 9.72 Å². The minimum Gasteiger partial charge on any atom is -0.383 e. The highest BCUT2D eigenvalue weighted by atomic mass is 16.5. The third-order valence-electron chi connectivity index (χ3n) is 7.12. The van der Waals surface area contributed by atoms with Gasteiger partial charge in [0.25, 0.3) is 5.56 Å². The molecule has 1 aliphatic rings. The fourth-order valence-corrected chi connectivity index (χ4v) is 5.25. The number of rotatable bonds is 11. The van der Waals surface area contributed by atoms with Gasteiger partial charge in [0, 0.05) is 30.8 Å².